The van der Waals surface area contributed by atoms with Gasteiger partial charge in [-0.15, -0.1) is 0 Å². The van der Waals surface area contributed by atoms with Crippen molar-refractivity contribution in [2.75, 3.05) is 19.6 Å². The molecular weight excluding hydrogens is 250 g/mol. The minimum absolute atomic E-state index is 0.113. The topological polar surface area (TPSA) is 98.7 Å². The number of nitrogens with one attached hydrogen (secondary N) is 2. The van der Waals surface area contributed by atoms with Crippen molar-refractivity contribution in [2.24, 2.45) is 0 Å². The molecule has 108 valence electrons. The van der Waals surface area contributed by atoms with E-state index in [1.54, 1.807) is 0 Å². The van der Waals surface area contributed by atoms with Gasteiger partial charge in [-0.25, -0.2) is 9.59 Å². The lowest BCUT2D eigenvalue weighted by molar-refractivity contribution is -0.141. The first-order chi connectivity index (χ1) is 9.06. The Labute approximate surface area is 112 Å². The fraction of sp³-hybridized carbons (Fsp3) is 0.750. The van der Waals surface area contributed by atoms with Gasteiger partial charge in [0.2, 0.25) is 5.91 Å². The summed E-state index contributed by atoms with van der Waals surface area (Å²) in [6, 6.07) is -1.15. The van der Waals surface area contributed by atoms with E-state index in [-0.39, 0.29) is 18.9 Å². The minimum Gasteiger partial charge on any atom is -0.480 e. The van der Waals surface area contributed by atoms with Crippen LogP contribution in [-0.2, 0) is 9.59 Å². The molecule has 0 unspecified atom stereocenters. The Morgan fingerprint density at radius 3 is 2.63 bits per heavy atom. The number of amides is 3. The summed E-state index contributed by atoms with van der Waals surface area (Å²) in [5.41, 5.74) is 0. The first kappa shape index (κ1) is 15.3. The van der Waals surface area contributed by atoms with Crippen LogP contribution in [0.1, 0.15) is 32.6 Å². The smallest absolute Gasteiger partial charge is 0.326 e. The van der Waals surface area contributed by atoms with E-state index in [9.17, 15) is 14.4 Å². The second-order valence-electron chi connectivity index (χ2n) is 4.52. The van der Waals surface area contributed by atoms with Gasteiger partial charge in [-0.3, -0.25) is 4.79 Å². The van der Waals surface area contributed by atoms with Crippen LogP contribution in [0.2, 0.25) is 0 Å². The van der Waals surface area contributed by atoms with Crippen molar-refractivity contribution in [3.05, 3.63) is 0 Å². The van der Waals surface area contributed by atoms with E-state index in [2.05, 4.69) is 10.6 Å². The van der Waals surface area contributed by atoms with E-state index in [0.717, 1.165) is 6.42 Å². The Hall–Kier alpha value is -1.79. The number of rotatable bonds is 6. The number of carboxylic acid groups (broad SMARTS) is 1. The Balaban J connectivity index is 2.27. The van der Waals surface area contributed by atoms with E-state index in [4.69, 9.17) is 5.11 Å². The molecule has 7 heteroatoms. The third-order valence-electron chi connectivity index (χ3n) is 3.00. The highest BCUT2D eigenvalue weighted by Gasteiger charge is 2.33. The Bertz CT molecular complexity index is 346. The number of hydrogen-bond acceptors (Lipinski definition) is 3. The fourth-order valence-corrected chi connectivity index (χ4v) is 2.00. The first-order valence-electron chi connectivity index (χ1n) is 6.60. The maximum Gasteiger partial charge on any atom is 0.326 e. The number of nitrogens with zero attached hydrogens (tertiary/aromatic N) is 1. The second kappa shape index (κ2) is 7.60. The van der Waals surface area contributed by atoms with Gasteiger partial charge in [0.15, 0.2) is 0 Å². The van der Waals surface area contributed by atoms with Crippen LogP contribution in [-0.4, -0.2) is 53.6 Å². The van der Waals surface area contributed by atoms with E-state index in [1.807, 2.05) is 6.92 Å². The van der Waals surface area contributed by atoms with E-state index in [1.165, 1.54) is 4.90 Å². The monoisotopic (exact) mass is 271 g/mol. The molecule has 1 aliphatic heterocycles. The molecule has 0 bridgehead atoms. The van der Waals surface area contributed by atoms with Crippen LogP contribution >= 0.6 is 0 Å². The molecule has 0 aromatic carbocycles. The summed E-state index contributed by atoms with van der Waals surface area (Å²) < 4.78 is 0. The van der Waals surface area contributed by atoms with Crippen LogP contribution < -0.4 is 10.6 Å². The number of urea groups is 1. The minimum atomic E-state index is -0.978. The average Bonchev–Trinajstić information content (AvgIpc) is 2.85. The maximum absolute atomic E-state index is 11.8. The molecule has 0 spiro atoms. The van der Waals surface area contributed by atoms with Gasteiger partial charge in [0.05, 0.1) is 0 Å². The van der Waals surface area contributed by atoms with Gasteiger partial charge < -0.3 is 20.6 Å². The molecule has 3 amide bonds. The summed E-state index contributed by atoms with van der Waals surface area (Å²) >= 11 is 0. The Morgan fingerprint density at radius 1 is 1.26 bits per heavy atom. The molecule has 1 fully saturated rings. The first-order valence-corrected chi connectivity index (χ1v) is 6.60. The zero-order chi connectivity index (χ0) is 14.3. The quantitative estimate of drug-likeness (QED) is 0.641. The molecule has 0 aromatic heterocycles. The van der Waals surface area contributed by atoms with Gasteiger partial charge in [-0.05, 0) is 19.3 Å². The Kier molecular flexibility index (Phi) is 6.11. The maximum atomic E-state index is 11.8. The van der Waals surface area contributed by atoms with Crippen LogP contribution in [0.4, 0.5) is 4.79 Å². The van der Waals surface area contributed by atoms with Crippen molar-refractivity contribution in [3.63, 3.8) is 0 Å². The highest BCUT2D eigenvalue weighted by molar-refractivity contribution is 5.83. The van der Waals surface area contributed by atoms with Crippen molar-refractivity contribution in [1.82, 2.24) is 15.5 Å². The lowest BCUT2D eigenvalue weighted by Gasteiger charge is -2.21. The molecule has 1 rings (SSSR count). The summed E-state index contributed by atoms with van der Waals surface area (Å²) in [7, 11) is 0. The third-order valence-corrected chi connectivity index (χ3v) is 3.00. The molecule has 1 aliphatic rings. The van der Waals surface area contributed by atoms with Crippen LogP contribution in [0.3, 0.4) is 0 Å². The normalized spacial score (nSPS) is 18.2. The molecule has 1 heterocycles. The zero-order valence-corrected chi connectivity index (χ0v) is 11.1. The summed E-state index contributed by atoms with van der Waals surface area (Å²) in [4.78, 5) is 35.3. The molecule has 0 aromatic rings. The standard InChI is InChI=1S/C12H21N3O4/c1-2-6-13-10(16)5-7-14-12(19)15-8-3-4-9(15)11(17)18/h9H,2-8H2,1H3,(H,13,16)(H,14,19)(H,17,18)/t9-/m0/s1. The highest BCUT2D eigenvalue weighted by Crippen LogP contribution is 2.17. The number of aliphatic carboxylic acids is 1. The largest absolute Gasteiger partial charge is 0.480 e. The molecule has 0 radical (unpaired) electrons. The number of carbonyl (C=O) groups is 3. The summed E-state index contributed by atoms with van der Waals surface area (Å²) in [5.74, 6) is -1.09. The highest BCUT2D eigenvalue weighted by atomic mass is 16.4. The predicted octanol–water partition coefficient (Wildman–Crippen LogP) is 0.161. The van der Waals surface area contributed by atoms with Crippen LogP contribution in [0.15, 0.2) is 0 Å². The molecule has 1 saturated heterocycles. The van der Waals surface area contributed by atoms with Gasteiger partial charge in [-0.2, -0.15) is 0 Å². The van der Waals surface area contributed by atoms with Gasteiger partial charge in [0, 0.05) is 26.1 Å². The van der Waals surface area contributed by atoms with E-state index < -0.39 is 18.0 Å². The van der Waals surface area contributed by atoms with Crippen molar-refractivity contribution < 1.29 is 19.5 Å². The van der Waals surface area contributed by atoms with E-state index in [0.29, 0.717) is 25.9 Å². The van der Waals surface area contributed by atoms with E-state index >= 15 is 0 Å². The lowest BCUT2D eigenvalue weighted by atomic mass is 10.2. The molecular formula is C12H21N3O4. The summed E-state index contributed by atoms with van der Waals surface area (Å²) in [6.45, 7) is 3.25. The summed E-state index contributed by atoms with van der Waals surface area (Å²) in [5, 5.41) is 14.2. The molecule has 0 saturated carbocycles. The number of likely N-dealkylation sites (tertiary alicyclic amines) is 1. The lowest BCUT2D eigenvalue weighted by Crippen LogP contribution is -2.46. The average molecular weight is 271 g/mol. The molecule has 19 heavy (non-hydrogen) atoms. The fourth-order valence-electron chi connectivity index (χ4n) is 2.00. The van der Waals surface area contributed by atoms with Gasteiger partial charge in [0.25, 0.3) is 0 Å². The summed E-state index contributed by atoms with van der Waals surface area (Å²) in [6.07, 6.45) is 2.25. The van der Waals surface area contributed by atoms with Crippen molar-refractivity contribution in [1.29, 1.82) is 0 Å². The van der Waals surface area contributed by atoms with Crippen molar-refractivity contribution in [3.8, 4) is 0 Å². The predicted molar refractivity (Wildman–Crippen MR) is 68.7 cm³/mol. The van der Waals surface area contributed by atoms with Crippen LogP contribution in [0.5, 0.6) is 0 Å². The molecule has 7 nitrogen and oxygen atoms in total. The number of hydrogen-bond donors (Lipinski definition) is 3. The number of carboxylic acids is 1. The van der Waals surface area contributed by atoms with Crippen LogP contribution in [0.25, 0.3) is 0 Å². The van der Waals surface area contributed by atoms with Gasteiger partial charge >= 0.3 is 12.0 Å². The van der Waals surface area contributed by atoms with Crippen molar-refractivity contribution >= 4 is 17.9 Å². The SMILES string of the molecule is CCCNC(=O)CCNC(=O)N1CCC[C@H]1C(=O)O. The molecule has 3 N–H and O–H groups in total. The third kappa shape index (κ3) is 4.76. The van der Waals surface area contributed by atoms with Gasteiger partial charge in [-0.1, -0.05) is 6.92 Å². The van der Waals surface area contributed by atoms with Crippen molar-refractivity contribution in [2.45, 2.75) is 38.6 Å². The van der Waals surface area contributed by atoms with Crippen LogP contribution in [0, 0.1) is 0 Å². The second-order valence-corrected chi connectivity index (χ2v) is 4.52. The van der Waals surface area contributed by atoms with Gasteiger partial charge in [0.1, 0.15) is 6.04 Å². The Morgan fingerprint density at radius 2 is 2.00 bits per heavy atom. The zero-order valence-electron chi connectivity index (χ0n) is 11.1. The number of carbonyl (C=O) groups excluding carboxylic acids is 2. The molecule has 1 atom stereocenters. The molecule has 0 aliphatic carbocycles.